The van der Waals surface area contributed by atoms with E-state index in [-0.39, 0.29) is 5.56 Å². The molecule has 14 heavy (non-hydrogen) atoms. The van der Waals surface area contributed by atoms with Crippen molar-refractivity contribution in [3.63, 3.8) is 0 Å². The summed E-state index contributed by atoms with van der Waals surface area (Å²) in [6.45, 7) is 5.51. The van der Waals surface area contributed by atoms with E-state index >= 15 is 0 Å². The smallest absolute Gasteiger partial charge is 0.377 e. The normalized spacial score (nSPS) is 9.50. The minimum absolute atomic E-state index is 0.179. The van der Waals surface area contributed by atoms with E-state index in [4.69, 9.17) is 5.11 Å². The zero-order valence-corrected chi connectivity index (χ0v) is 7.78. The van der Waals surface area contributed by atoms with E-state index in [1.807, 2.05) is 0 Å². The molecule has 0 aliphatic heterocycles. The van der Waals surface area contributed by atoms with Crippen molar-refractivity contribution in [3.8, 4) is 0 Å². The van der Waals surface area contributed by atoms with Gasteiger partial charge in [0.15, 0.2) is 0 Å². The van der Waals surface area contributed by atoms with Gasteiger partial charge in [-0.2, -0.15) is 0 Å². The van der Waals surface area contributed by atoms with Crippen molar-refractivity contribution in [2.45, 2.75) is 6.92 Å². The summed E-state index contributed by atoms with van der Waals surface area (Å²) in [5, 5.41) is 8.49. The molecule has 0 atom stereocenters. The fraction of sp³-hybridized carbons (Fsp3) is 0.0909. The Bertz CT molecular complexity index is 405. The van der Waals surface area contributed by atoms with E-state index in [0.29, 0.717) is 0 Å². The molecule has 0 saturated heterocycles. The number of rotatable bonds is 3. The first-order chi connectivity index (χ1) is 6.52. The molecule has 0 spiro atoms. The molecule has 0 aliphatic rings. The largest absolute Gasteiger partial charge is 0.475 e. The number of aliphatic carboxylic acids is 1. The van der Waals surface area contributed by atoms with Crippen LogP contribution in [0.2, 0.25) is 0 Å². The second kappa shape index (κ2) is 3.87. The molecule has 3 heteroatoms. The van der Waals surface area contributed by atoms with Crippen LogP contribution < -0.4 is 0 Å². The molecule has 72 valence electrons. The van der Waals surface area contributed by atoms with Crippen LogP contribution >= 0.6 is 0 Å². The Morgan fingerprint density at radius 3 is 2.36 bits per heavy atom. The van der Waals surface area contributed by atoms with E-state index in [1.165, 1.54) is 12.1 Å². The third-order valence-electron chi connectivity index (χ3n) is 1.81. The maximum atomic E-state index is 11.1. The number of carboxylic acids is 1. The molecule has 0 amide bonds. The first-order valence-electron chi connectivity index (χ1n) is 4.06. The Morgan fingerprint density at radius 2 is 1.86 bits per heavy atom. The quantitative estimate of drug-likeness (QED) is 0.585. The number of carbonyl (C=O) groups excluding carboxylic acids is 1. The molecule has 3 nitrogen and oxygen atoms in total. The summed E-state index contributed by atoms with van der Waals surface area (Å²) >= 11 is 0. The Morgan fingerprint density at radius 1 is 1.29 bits per heavy atom. The van der Waals surface area contributed by atoms with Crippen molar-refractivity contribution in [2.75, 3.05) is 0 Å². The SMILES string of the molecule is C=C(C)c1cccc(C(=O)C(=O)O)c1. The van der Waals surface area contributed by atoms with Crippen LogP contribution in [0.4, 0.5) is 0 Å². The lowest BCUT2D eigenvalue weighted by molar-refractivity contribution is -0.131. The van der Waals surface area contributed by atoms with E-state index in [1.54, 1.807) is 19.1 Å². The summed E-state index contributed by atoms with van der Waals surface area (Å²) in [7, 11) is 0. The predicted octanol–water partition coefficient (Wildman–Crippen LogP) is 1.99. The summed E-state index contributed by atoms with van der Waals surface area (Å²) in [4.78, 5) is 21.5. The third-order valence-corrected chi connectivity index (χ3v) is 1.81. The number of allylic oxidation sites excluding steroid dienone is 1. The highest BCUT2D eigenvalue weighted by atomic mass is 16.4. The van der Waals surface area contributed by atoms with Crippen LogP contribution in [0.25, 0.3) is 5.57 Å². The molecule has 0 unspecified atom stereocenters. The molecule has 0 fully saturated rings. The van der Waals surface area contributed by atoms with Crippen LogP contribution in [-0.4, -0.2) is 16.9 Å². The van der Waals surface area contributed by atoms with E-state index in [9.17, 15) is 9.59 Å². The molecule has 0 radical (unpaired) electrons. The van der Waals surface area contributed by atoms with Gasteiger partial charge in [0, 0.05) is 5.56 Å². The molecule has 0 saturated carbocycles. The minimum Gasteiger partial charge on any atom is -0.475 e. The zero-order valence-electron chi connectivity index (χ0n) is 7.78. The predicted molar refractivity (Wildman–Crippen MR) is 53.1 cm³/mol. The lowest BCUT2D eigenvalue weighted by Gasteiger charge is -2.01. The molecule has 1 N–H and O–H groups in total. The van der Waals surface area contributed by atoms with Gasteiger partial charge in [0.1, 0.15) is 0 Å². The fourth-order valence-corrected chi connectivity index (χ4v) is 1.05. The van der Waals surface area contributed by atoms with Crippen molar-refractivity contribution in [2.24, 2.45) is 0 Å². The summed E-state index contributed by atoms with van der Waals surface area (Å²) in [5.41, 5.74) is 1.75. The van der Waals surface area contributed by atoms with Crippen molar-refractivity contribution in [1.29, 1.82) is 0 Å². The molecule has 0 aromatic heterocycles. The van der Waals surface area contributed by atoms with Crippen LogP contribution in [-0.2, 0) is 4.79 Å². The Labute approximate surface area is 81.7 Å². The average molecular weight is 190 g/mol. The fourth-order valence-electron chi connectivity index (χ4n) is 1.05. The Kier molecular flexibility index (Phi) is 2.82. The van der Waals surface area contributed by atoms with Gasteiger partial charge in [0.25, 0.3) is 5.78 Å². The van der Waals surface area contributed by atoms with Gasteiger partial charge in [-0.3, -0.25) is 4.79 Å². The average Bonchev–Trinajstić information content (AvgIpc) is 2.16. The zero-order chi connectivity index (χ0) is 10.7. The molecule has 0 heterocycles. The number of Topliss-reactive ketones (excluding diaryl/α,β-unsaturated/α-hetero) is 1. The molecule has 1 aromatic rings. The van der Waals surface area contributed by atoms with Gasteiger partial charge in [0.05, 0.1) is 0 Å². The van der Waals surface area contributed by atoms with Gasteiger partial charge < -0.3 is 5.11 Å². The number of hydrogen-bond donors (Lipinski definition) is 1. The van der Waals surface area contributed by atoms with Gasteiger partial charge in [-0.05, 0) is 18.6 Å². The summed E-state index contributed by atoms with van der Waals surface area (Å²) in [6, 6.07) is 6.42. The van der Waals surface area contributed by atoms with Crippen molar-refractivity contribution in [1.82, 2.24) is 0 Å². The second-order valence-corrected chi connectivity index (χ2v) is 3.00. The summed E-state index contributed by atoms with van der Waals surface area (Å²) in [5.74, 6) is -2.34. The van der Waals surface area contributed by atoms with E-state index < -0.39 is 11.8 Å². The molecule has 1 rings (SSSR count). The van der Waals surface area contributed by atoms with Crippen LogP contribution in [0, 0.1) is 0 Å². The summed E-state index contributed by atoms with van der Waals surface area (Å²) < 4.78 is 0. The highest BCUT2D eigenvalue weighted by molar-refractivity contribution is 6.39. The van der Waals surface area contributed by atoms with Gasteiger partial charge in [-0.1, -0.05) is 30.4 Å². The van der Waals surface area contributed by atoms with E-state index in [2.05, 4.69) is 6.58 Å². The number of carbonyl (C=O) groups is 2. The van der Waals surface area contributed by atoms with Gasteiger partial charge in [-0.15, -0.1) is 0 Å². The van der Waals surface area contributed by atoms with Crippen LogP contribution in [0.5, 0.6) is 0 Å². The highest BCUT2D eigenvalue weighted by Crippen LogP contribution is 2.13. The van der Waals surface area contributed by atoms with Crippen molar-refractivity contribution < 1.29 is 14.7 Å². The van der Waals surface area contributed by atoms with Gasteiger partial charge in [-0.25, -0.2) is 4.79 Å². The number of benzene rings is 1. The minimum atomic E-state index is -1.44. The molecule has 0 aliphatic carbocycles. The summed E-state index contributed by atoms with van der Waals surface area (Å²) in [6.07, 6.45) is 0. The molecular formula is C11H10O3. The van der Waals surface area contributed by atoms with Crippen molar-refractivity contribution >= 4 is 17.3 Å². The second-order valence-electron chi connectivity index (χ2n) is 3.00. The lowest BCUT2D eigenvalue weighted by atomic mass is 10.0. The van der Waals surface area contributed by atoms with Crippen LogP contribution in [0.1, 0.15) is 22.8 Å². The molecular weight excluding hydrogens is 180 g/mol. The first-order valence-corrected chi connectivity index (χ1v) is 4.06. The standard InChI is InChI=1S/C11H10O3/c1-7(2)8-4-3-5-9(6-8)10(12)11(13)14/h3-6H,1H2,2H3,(H,13,14). The van der Waals surface area contributed by atoms with Crippen LogP contribution in [0.15, 0.2) is 30.8 Å². The van der Waals surface area contributed by atoms with Crippen molar-refractivity contribution in [3.05, 3.63) is 42.0 Å². The van der Waals surface area contributed by atoms with Gasteiger partial charge in [0.2, 0.25) is 0 Å². The maximum Gasteiger partial charge on any atom is 0.377 e. The topological polar surface area (TPSA) is 54.4 Å². The molecule has 0 bridgehead atoms. The van der Waals surface area contributed by atoms with E-state index in [0.717, 1.165) is 11.1 Å². The number of ketones is 1. The van der Waals surface area contributed by atoms with Gasteiger partial charge >= 0.3 is 5.97 Å². The Balaban J connectivity index is 3.12. The lowest BCUT2D eigenvalue weighted by Crippen LogP contribution is -2.12. The maximum absolute atomic E-state index is 11.1. The first kappa shape index (κ1) is 10.2. The third kappa shape index (κ3) is 2.07. The number of hydrogen-bond acceptors (Lipinski definition) is 2. The number of carboxylic acid groups (broad SMARTS) is 1. The molecule has 1 aromatic carbocycles. The monoisotopic (exact) mass is 190 g/mol. The highest BCUT2D eigenvalue weighted by Gasteiger charge is 2.14. The Hall–Kier alpha value is -1.90. The van der Waals surface area contributed by atoms with Crippen LogP contribution in [0.3, 0.4) is 0 Å².